The molecule has 1 atom stereocenters. The molecule has 2 heterocycles. The number of aromatic nitrogens is 2. The number of rotatable bonds is 8. The normalized spacial score (nSPS) is 23.7. The summed E-state index contributed by atoms with van der Waals surface area (Å²) < 4.78 is 67.6. The molecule has 1 saturated heterocycles. The minimum atomic E-state index is -4.54. The van der Waals surface area contributed by atoms with E-state index in [1.807, 2.05) is 0 Å². The molecule has 1 amide bonds. The minimum absolute atomic E-state index is 0.138. The largest absolute Gasteiger partial charge is 0.416 e. The van der Waals surface area contributed by atoms with Crippen LogP contribution in [0.3, 0.4) is 0 Å². The van der Waals surface area contributed by atoms with Gasteiger partial charge in [-0.3, -0.25) is 4.79 Å². The van der Waals surface area contributed by atoms with Gasteiger partial charge in [0.25, 0.3) is 0 Å². The van der Waals surface area contributed by atoms with Gasteiger partial charge in [-0.25, -0.2) is 18.4 Å². The molecular formula is C30H36F3N5O3S. The molecule has 12 heteroatoms. The summed E-state index contributed by atoms with van der Waals surface area (Å²) in [6, 6.07) is 11.4. The molecule has 5 rings (SSSR count). The third-order valence-electron chi connectivity index (χ3n) is 8.89. The summed E-state index contributed by atoms with van der Waals surface area (Å²) in [6.45, 7) is 4.58. The van der Waals surface area contributed by atoms with Gasteiger partial charge in [-0.2, -0.15) is 13.2 Å². The van der Waals surface area contributed by atoms with Crippen molar-refractivity contribution in [3.8, 4) is 0 Å². The smallest absolute Gasteiger partial charge is 0.358 e. The molecule has 0 bridgehead atoms. The first-order valence-electron chi connectivity index (χ1n) is 14.2. The summed E-state index contributed by atoms with van der Waals surface area (Å²) in [6.07, 6.45) is -0.369. The number of amides is 1. The van der Waals surface area contributed by atoms with Crippen LogP contribution in [0, 0.1) is 0 Å². The molecule has 1 aromatic heterocycles. The van der Waals surface area contributed by atoms with Gasteiger partial charge in [-0.15, -0.1) is 0 Å². The van der Waals surface area contributed by atoms with E-state index in [2.05, 4.69) is 41.1 Å². The summed E-state index contributed by atoms with van der Waals surface area (Å²) in [4.78, 5) is 26.4. The highest BCUT2D eigenvalue weighted by Crippen LogP contribution is 2.41. The van der Waals surface area contributed by atoms with Crippen LogP contribution < -0.4 is 5.32 Å². The Morgan fingerprint density at radius 3 is 2.40 bits per heavy atom. The lowest BCUT2D eigenvalue weighted by atomic mass is 9.78. The highest BCUT2D eigenvalue weighted by Gasteiger charge is 2.50. The number of carbonyl (C=O) groups excluding carboxylic acids is 1. The second-order valence-corrected chi connectivity index (χ2v) is 13.7. The first kappa shape index (κ1) is 30.2. The Kier molecular flexibility index (Phi) is 8.23. The van der Waals surface area contributed by atoms with Gasteiger partial charge in [0.15, 0.2) is 9.84 Å². The predicted molar refractivity (Wildman–Crippen MR) is 155 cm³/mol. The Bertz CT molecular complexity index is 1540. The molecule has 8 nitrogen and oxygen atoms in total. The Morgan fingerprint density at radius 1 is 1.07 bits per heavy atom. The molecule has 2 fully saturated rings. The number of nitrogens with one attached hydrogen (secondary N) is 1. The number of carbonyl (C=O) groups is 1. The summed E-state index contributed by atoms with van der Waals surface area (Å²) >= 11 is 0. The van der Waals surface area contributed by atoms with Crippen LogP contribution in [0.4, 0.5) is 19.0 Å². The van der Waals surface area contributed by atoms with Gasteiger partial charge in [0, 0.05) is 24.0 Å². The standard InChI is InChI=1S/C30H36F3N5O3S/c1-20(2)37(3)22-11-14-29(15-12-22,18-42(40,41)23-7-5-4-6-8-23)38-16-13-26(28(38)39)36-27-24-17-21(30(31,32)33)9-10-25(24)34-19-35-27/h4-10,17,19-20,22,26H,11-16,18H2,1-3H3,(H,34,35,36)/t22?,26-,29?/m0/s1. The Labute approximate surface area is 244 Å². The van der Waals surface area contributed by atoms with Crippen LogP contribution in [0.1, 0.15) is 51.5 Å². The third-order valence-corrected chi connectivity index (χ3v) is 10.8. The van der Waals surface area contributed by atoms with Crippen molar-refractivity contribution >= 4 is 32.5 Å². The number of benzene rings is 2. The average Bonchev–Trinajstić information content (AvgIpc) is 3.33. The fraction of sp³-hybridized carbons (Fsp3) is 0.500. The van der Waals surface area contributed by atoms with Crippen molar-refractivity contribution in [1.82, 2.24) is 19.8 Å². The van der Waals surface area contributed by atoms with E-state index in [0.717, 1.165) is 25.0 Å². The molecule has 2 aliphatic rings. The van der Waals surface area contributed by atoms with Crippen LogP contribution in [-0.4, -0.2) is 77.1 Å². The number of fused-ring (bicyclic) bond motifs is 1. The van der Waals surface area contributed by atoms with Gasteiger partial charge < -0.3 is 15.1 Å². The van der Waals surface area contributed by atoms with Gasteiger partial charge in [0.05, 0.1) is 27.3 Å². The maximum atomic E-state index is 14.0. The summed E-state index contributed by atoms with van der Waals surface area (Å²) in [5.41, 5.74) is -1.41. The number of halogens is 3. The first-order chi connectivity index (χ1) is 19.8. The predicted octanol–water partition coefficient (Wildman–Crippen LogP) is 5.16. The maximum Gasteiger partial charge on any atom is 0.416 e. The molecule has 1 aliphatic carbocycles. The van der Waals surface area contributed by atoms with Crippen LogP contribution in [0.15, 0.2) is 59.8 Å². The minimum Gasteiger partial charge on any atom is -0.358 e. The molecule has 0 spiro atoms. The Morgan fingerprint density at radius 2 is 1.76 bits per heavy atom. The van der Waals surface area contributed by atoms with E-state index in [1.165, 1.54) is 12.4 Å². The number of nitrogens with zero attached hydrogens (tertiary/aromatic N) is 4. The van der Waals surface area contributed by atoms with Crippen LogP contribution in [0.25, 0.3) is 10.9 Å². The lowest BCUT2D eigenvalue weighted by Crippen LogP contribution is -2.58. The molecule has 42 heavy (non-hydrogen) atoms. The van der Waals surface area contributed by atoms with E-state index < -0.39 is 33.2 Å². The molecule has 1 aliphatic heterocycles. The van der Waals surface area contributed by atoms with Gasteiger partial charge in [-0.05, 0) is 83.3 Å². The van der Waals surface area contributed by atoms with Gasteiger partial charge >= 0.3 is 6.18 Å². The second-order valence-electron chi connectivity index (χ2n) is 11.7. The fourth-order valence-corrected chi connectivity index (χ4v) is 8.21. The highest BCUT2D eigenvalue weighted by atomic mass is 32.2. The molecule has 2 aromatic carbocycles. The molecule has 1 saturated carbocycles. The number of sulfone groups is 1. The van der Waals surface area contributed by atoms with Crippen LogP contribution >= 0.6 is 0 Å². The fourth-order valence-electron chi connectivity index (χ4n) is 6.32. The average molecular weight is 604 g/mol. The lowest BCUT2D eigenvalue weighted by Gasteiger charge is -2.48. The summed E-state index contributed by atoms with van der Waals surface area (Å²) in [7, 11) is -1.64. The number of likely N-dealkylation sites (tertiary alicyclic amines) is 1. The maximum absolute atomic E-state index is 14.0. The lowest BCUT2D eigenvalue weighted by molar-refractivity contribution is -0.137. The van der Waals surface area contributed by atoms with Gasteiger partial charge in [0.2, 0.25) is 5.91 Å². The van der Waals surface area contributed by atoms with Crippen LogP contribution in [0.5, 0.6) is 0 Å². The van der Waals surface area contributed by atoms with E-state index >= 15 is 0 Å². The van der Waals surface area contributed by atoms with Crippen LogP contribution in [0.2, 0.25) is 0 Å². The highest BCUT2D eigenvalue weighted by molar-refractivity contribution is 7.91. The quantitative estimate of drug-likeness (QED) is 0.380. The van der Waals surface area contributed by atoms with Crippen LogP contribution in [-0.2, 0) is 20.8 Å². The zero-order chi connectivity index (χ0) is 30.3. The monoisotopic (exact) mass is 603 g/mol. The Hall–Kier alpha value is -3.25. The number of anilines is 1. The van der Waals surface area contributed by atoms with Crippen molar-refractivity contribution in [2.45, 2.75) is 80.7 Å². The van der Waals surface area contributed by atoms with Crippen molar-refractivity contribution in [2.24, 2.45) is 0 Å². The summed E-state index contributed by atoms with van der Waals surface area (Å²) in [5, 5.41) is 3.23. The molecule has 226 valence electrons. The van der Waals surface area contributed by atoms with E-state index in [9.17, 15) is 26.4 Å². The first-order valence-corrected chi connectivity index (χ1v) is 15.9. The number of hydrogen-bond donors (Lipinski definition) is 1. The van der Waals surface area contributed by atoms with E-state index in [-0.39, 0.29) is 33.8 Å². The molecule has 1 N–H and O–H groups in total. The summed E-state index contributed by atoms with van der Waals surface area (Å²) in [5.74, 6) is -0.321. The van der Waals surface area contributed by atoms with Crippen molar-refractivity contribution in [1.29, 1.82) is 0 Å². The second kappa shape index (κ2) is 11.4. The van der Waals surface area contributed by atoms with Gasteiger partial charge in [0.1, 0.15) is 18.2 Å². The number of alkyl halides is 3. The van der Waals surface area contributed by atoms with Crippen molar-refractivity contribution in [3.63, 3.8) is 0 Å². The molecular weight excluding hydrogens is 567 g/mol. The van der Waals surface area contributed by atoms with E-state index in [4.69, 9.17) is 0 Å². The third kappa shape index (κ3) is 5.96. The Balaban J connectivity index is 1.43. The number of hydrogen-bond acceptors (Lipinski definition) is 7. The zero-order valence-electron chi connectivity index (χ0n) is 23.9. The molecule has 3 aromatic rings. The molecule has 0 unspecified atom stereocenters. The van der Waals surface area contributed by atoms with Crippen molar-refractivity contribution in [3.05, 3.63) is 60.4 Å². The van der Waals surface area contributed by atoms with E-state index in [1.54, 1.807) is 35.2 Å². The van der Waals surface area contributed by atoms with Gasteiger partial charge in [-0.1, -0.05) is 18.2 Å². The van der Waals surface area contributed by atoms with Crippen molar-refractivity contribution in [2.75, 3.05) is 24.7 Å². The SMILES string of the molecule is CC(C)N(C)C1CCC(CS(=O)(=O)c2ccccc2)(N2CC[C@H](Nc3ncnc4ccc(C(F)(F)F)cc34)C2=O)CC1. The topological polar surface area (TPSA) is 95.5 Å². The van der Waals surface area contributed by atoms with E-state index in [0.29, 0.717) is 37.4 Å². The molecule has 0 radical (unpaired) electrons. The van der Waals surface area contributed by atoms with Crippen molar-refractivity contribution < 1.29 is 26.4 Å². The zero-order valence-corrected chi connectivity index (χ0v) is 24.8.